The molecular weight excluding hydrogens is 230 g/mol. The van der Waals surface area contributed by atoms with Gasteiger partial charge < -0.3 is 10.3 Å². The van der Waals surface area contributed by atoms with E-state index in [1.807, 2.05) is 6.92 Å². The van der Waals surface area contributed by atoms with Crippen molar-refractivity contribution in [1.29, 1.82) is 0 Å². The van der Waals surface area contributed by atoms with Crippen LogP contribution in [-0.4, -0.2) is 32.4 Å². The highest BCUT2D eigenvalue weighted by Gasteiger charge is 2.08. The van der Waals surface area contributed by atoms with Crippen molar-refractivity contribution in [1.82, 2.24) is 25.3 Å². The number of imidazole rings is 1. The van der Waals surface area contributed by atoms with E-state index < -0.39 is 0 Å². The second kappa shape index (κ2) is 5.39. The Balaban J connectivity index is 1.91. The number of aromatic amines is 1. The number of hydrogen-bond donors (Lipinski definition) is 2. The Morgan fingerprint density at radius 3 is 2.89 bits per heavy atom. The zero-order chi connectivity index (χ0) is 13.0. The van der Waals surface area contributed by atoms with Crippen LogP contribution in [-0.2, 0) is 6.42 Å². The SMILES string of the molecule is Cc1cc(C(=O)NCCc2ncc[nH]2)nc(C)n1. The number of nitrogens with one attached hydrogen (secondary N) is 2. The third-order valence-electron chi connectivity index (χ3n) is 2.40. The van der Waals surface area contributed by atoms with Crippen molar-refractivity contribution in [3.8, 4) is 0 Å². The van der Waals surface area contributed by atoms with Gasteiger partial charge in [-0.05, 0) is 19.9 Å². The second-order valence-corrected chi connectivity index (χ2v) is 3.98. The van der Waals surface area contributed by atoms with Crippen LogP contribution in [0.3, 0.4) is 0 Å². The third kappa shape index (κ3) is 3.13. The Labute approximate surface area is 105 Å². The maximum atomic E-state index is 11.8. The van der Waals surface area contributed by atoms with Crippen LogP contribution in [0, 0.1) is 13.8 Å². The van der Waals surface area contributed by atoms with Gasteiger partial charge in [-0.1, -0.05) is 0 Å². The largest absolute Gasteiger partial charge is 0.350 e. The molecule has 0 saturated heterocycles. The summed E-state index contributed by atoms with van der Waals surface area (Å²) in [6, 6.07) is 1.68. The number of aromatic nitrogens is 4. The van der Waals surface area contributed by atoms with Crippen LogP contribution in [0.4, 0.5) is 0 Å². The molecule has 0 unspecified atom stereocenters. The molecular formula is C12H15N5O. The van der Waals surface area contributed by atoms with Gasteiger partial charge in [0.1, 0.15) is 17.3 Å². The van der Waals surface area contributed by atoms with Gasteiger partial charge in [-0.3, -0.25) is 4.79 Å². The average Bonchev–Trinajstić information content (AvgIpc) is 2.80. The second-order valence-electron chi connectivity index (χ2n) is 3.98. The standard InChI is InChI=1S/C12H15N5O/c1-8-7-10(17-9(2)16-8)12(18)15-4-3-11-13-5-6-14-11/h5-7H,3-4H2,1-2H3,(H,13,14)(H,15,18). The molecule has 0 aliphatic rings. The Morgan fingerprint density at radius 1 is 1.39 bits per heavy atom. The summed E-state index contributed by atoms with van der Waals surface area (Å²) in [7, 11) is 0. The number of nitrogens with zero attached hydrogens (tertiary/aromatic N) is 3. The van der Waals surface area contributed by atoms with E-state index in [1.165, 1.54) is 0 Å². The molecule has 0 aliphatic carbocycles. The minimum Gasteiger partial charge on any atom is -0.350 e. The molecule has 2 aromatic rings. The average molecular weight is 245 g/mol. The first-order valence-corrected chi connectivity index (χ1v) is 5.74. The van der Waals surface area contributed by atoms with Gasteiger partial charge in [0.15, 0.2) is 0 Å². The van der Waals surface area contributed by atoms with E-state index in [-0.39, 0.29) is 5.91 Å². The molecule has 2 rings (SSSR count). The van der Waals surface area contributed by atoms with Gasteiger partial charge in [0.25, 0.3) is 5.91 Å². The zero-order valence-electron chi connectivity index (χ0n) is 10.4. The molecule has 2 aromatic heterocycles. The van der Waals surface area contributed by atoms with E-state index in [4.69, 9.17) is 0 Å². The van der Waals surface area contributed by atoms with Crippen LogP contribution >= 0.6 is 0 Å². The first kappa shape index (κ1) is 12.2. The van der Waals surface area contributed by atoms with Crippen LogP contribution in [0.2, 0.25) is 0 Å². The normalized spacial score (nSPS) is 10.3. The lowest BCUT2D eigenvalue weighted by Gasteiger charge is -2.05. The minimum atomic E-state index is -0.185. The topological polar surface area (TPSA) is 83.6 Å². The fourth-order valence-corrected chi connectivity index (χ4v) is 1.65. The number of amides is 1. The molecule has 6 nitrogen and oxygen atoms in total. The molecule has 0 saturated carbocycles. The van der Waals surface area contributed by atoms with Crippen LogP contribution in [0.5, 0.6) is 0 Å². The van der Waals surface area contributed by atoms with Gasteiger partial charge in [0.2, 0.25) is 0 Å². The van der Waals surface area contributed by atoms with E-state index in [2.05, 4.69) is 25.3 Å². The number of H-pyrrole nitrogens is 1. The maximum Gasteiger partial charge on any atom is 0.270 e. The summed E-state index contributed by atoms with van der Waals surface area (Å²) < 4.78 is 0. The summed E-state index contributed by atoms with van der Waals surface area (Å²) in [6.07, 6.45) is 4.12. The van der Waals surface area contributed by atoms with E-state index in [9.17, 15) is 4.79 Å². The smallest absolute Gasteiger partial charge is 0.270 e. The van der Waals surface area contributed by atoms with Crippen molar-refractivity contribution in [2.24, 2.45) is 0 Å². The van der Waals surface area contributed by atoms with Crippen LogP contribution in [0.15, 0.2) is 18.5 Å². The Morgan fingerprint density at radius 2 is 2.22 bits per heavy atom. The molecule has 0 bridgehead atoms. The molecule has 0 radical (unpaired) electrons. The molecule has 2 heterocycles. The number of carbonyl (C=O) groups is 1. The van der Waals surface area contributed by atoms with Crippen LogP contribution in [0.25, 0.3) is 0 Å². The summed E-state index contributed by atoms with van der Waals surface area (Å²) in [5.41, 5.74) is 1.19. The van der Waals surface area contributed by atoms with Gasteiger partial charge >= 0.3 is 0 Å². The van der Waals surface area contributed by atoms with Crippen molar-refractivity contribution in [3.05, 3.63) is 41.5 Å². The highest BCUT2D eigenvalue weighted by Crippen LogP contribution is 2.00. The highest BCUT2D eigenvalue weighted by molar-refractivity contribution is 5.92. The molecule has 0 aliphatic heterocycles. The fourth-order valence-electron chi connectivity index (χ4n) is 1.65. The summed E-state index contributed by atoms with van der Waals surface area (Å²) in [4.78, 5) is 27.1. The van der Waals surface area contributed by atoms with Gasteiger partial charge in [-0.2, -0.15) is 0 Å². The summed E-state index contributed by atoms with van der Waals surface area (Å²) >= 11 is 0. The lowest BCUT2D eigenvalue weighted by atomic mass is 10.3. The highest BCUT2D eigenvalue weighted by atomic mass is 16.1. The summed E-state index contributed by atoms with van der Waals surface area (Å²) in [5.74, 6) is 1.27. The van der Waals surface area contributed by atoms with E-state index >= 15 is 0 Å². The summed E-state index contributed by atoms with van der Waals surface area (Å²) in [5, 5.41) is 2.80. The molecule has 6 heteroatoms. The molecule has 94 valence electrons. The Kier molecular flexibility index (Phi) is 3.66. The first-order chi connectivity index (χ1) is 8.65. The van der Waals surface area contributed by atoms with Gasteiger partial charge in [-0.15, -0.1) is 0 Å². The first-order valence-electron chi connectivity index (χ1n) is 5.74. The number of rotatable bonds is 4. The van der Waals surface area contributed by atoms with Crippen molar-refractivity contribution in [3.63, 3.8) is 0 Å². The van der Waals surface area contributed by atoms with Gasteiger partial charge in [0, 0.05) is 31.1 Å². The number of carbonyl (C=O) groups excluding carboxylic acids is 1. The molecule has 0 spiro atoms. The van der Waals surface area contributed by atoms with Crippen molar-refractivity contribution in [2.45, 2.75) is 20.3 Å². The van der Waals surface area contributed by atoms with E-state index in [0.29, 0.717) is 24.5 Å². The summed E-state index contributed by atoms with van der Waals surface area (Å²) in [6.45, 7) is 4.13. The Bertz CT molecular complexity index is 515. The molecule has 1 amide bonds. The Hall–Kier alpha value is -2.24. The zero-order valence-corrected chi connectivity index (χ0v) is 10.4. The molecule has 2 N–H and O–H groups in total. The van der Waals surface area contributed by atoms with E-state index in [1.54, 1.807) is 25.4 Å². The predicted molar refractivity (Wildman–Crippen MR) is 66.1 cm³/mol. The van der Waals surface area contributed by atoms with Crippen molar-refractivity contribution < 1.29 is 4.79 Å². The van der Waals surface area contributed by atoms with Gasteiger partial charge in [0.05, 0.1) is 0 Å². The molecule has 0 aromatic carbocycles. The fraction of sp³-hybridized carbons (Fsp3) is 0.333. The van der Waals surface area contributed by atoms with Gasteiger partial charge in [-0.25, -0.2) is 15.0 Å². The molecule has 0 fully saturated rings. The monoisotopic (exact) mass is 245 g/mol. The molecule has 18 heavy (non-hydrogen) atoms. The number of aryl methyl sites for hydroxylation is 2. The van der Waals surface area contributed by atoms with Crippen molar-refractivity contribution in [2.75, 3.05) is 6.54 Å². The molecule has 0 atom stereocenters. The minimum absolute atomic E-state index is 0.185. The predicted octanol–water partition coefficient (Wildman–Crippen LogP) is 0.789. The maximum absolute atomic E-state index is 11.8. The lowest BCUT2D eigenvalue weighted by Crippen LogP contribution is -2.27. The van der Waals surface area contributed by atoms with E-state index in [0.717, 1.165) is 11.5 Å². The van der Waals surface area contributed by atoms with Crippen molar-refractivity contribution >= 4 is 5.91 Å². The van der Waals surface area contributed by atoms with Crippen LogP contribution < -0.4 is 5.32 Å². The third-order valence-corrected chi connectivity index (χ3v) is 2.40. The lowest BCUT2D eigenvalue weighted by molar-refractivity contribution is 0.0948. The quantitative estimate of drug-likeness (QED) is 0.834. The number of hydrogen-bond acceptors (Lipinski definition) is 4. The van der Waals surface area contributed by atoms with Crippen LogP contribution in [0.1, 0.15) is 27.8 Å².